The number of aliphatic hydroxyl groups is 1. The first kappa shape index (κ1) is 16.3. The normalized spacial score (nSPS) is 25.2. The molecule has 2 heterocycles. The SMILES string of the molecule is CC1(C)CC(=O)C2=C(C1)N(CO)C(=O)[C@@]21c2ccccc2-c2oc(N)nc21. The standard InChI is InChI=1S/C20H19N3O4/c1-19(2)7-12-14(13(25)8-19)20(17(26)23(12)9-24)11-6-4-3-5-10(11)15-16(20)22-18(21)27-15/h3-6,24H,7-9H2,1-2H3,(H2,21,22)/t20-/m0/s1. The van der Waals surface area contributed by atoms with Crippen molar-refractivity contribution in [3.63, 3.8) is 0 Å². The zero-order valence-corrected chi connectivity index (χ0v) is 15.1. The van der Waals surface area contributed by atoms with E-state index in [1.807, 2.05) is 38.1 Å². The number of fused-ring (bicyclic) bond motifs is 6. The molecule has 7 nitrogen and oxygen atoms in total. The van der Waals surface area contributed by atoms with Crippen LogP contribution in [0.15, 0.2) is 40.0 Å². The monoisotopic (exact) mass is 365 g/mol. The first-order valence-electron chi connectivity index (χ1n) is 8.87. The number of carbonyl (C=O) groups excluding carboxylic acids is 2. The molecule has 1 aliphatic heterocycles. The molecule has 0 saturated heterocycles. The van der Waals surface area contributed by atoms with Crippen LogP contribution in [0.5, 0.6) is 0 Å². The second kappa shape index (κ2) is 4.86. The number of oxazole rings is 1. The van der Waals surface area contributed by atoms with Crippen molar-refractivity contribution in [1.29, 1.82) is 0 Å². The Kier molecular flexibility index (Phi) is 2.93. The van der Waals surface area contributed by atoms with Gasteiger partial charge in [0.1, 0.15) is 12.4 Å². The molecular formula is C20H19N3O4. The Morgan fingerprint density at radius 1 is 1.26 bits per heavy atom. The summed E-state index contributed by atoms with van der Waals surface area (Å²) < 4.78 is 5.61. The number of benzene rings is 1. The molecule has 1 atom stereocenters. The maximum Gasteiger partial charge on any atom is 0.292 e. The van der Waals surface area contributed by atoms with Crippen molar-refractivity contribution in [1.82, 2.24) is 9.88 Å². The van der Waals surface area contributed by atoms with E-state index in [0.717, 1.165) is 0 Å². The van der Waals surface area contributed by atoms with Gasteiger partial charge in [0.2, 0.25) is 5.91 Å². The topological polar surface area (TPSA) is 110 Å². The molecule has 0 unspecified atom stereocenters. The highest BCUT2D eigenvalue weighted by molar-refractivity contribution is 6.16. The van der Waals surface area contributed by atoms with Crippen molar-refractivity contribution >= 4 is 17.7 Å². The Morgan fingerprint density at radius 2 is 2.00 bits per heavy atom. The van der Waals surface area contributed by atoms with Gasteiger partial charge in [-0.3, -0.25) is 14.5 Å². The van der Waals surface area contributed by atoms with Gasteiger partial charge in [-0.05, 0) is 17.4 Å². The molecule has 3 aliphatic rings. The van der Waals surface area contributed by atoms with Crippen LogP contribution in [0.2, 0.25) is 0 Å². The Labute approximate surface area is 155 Å². The molecule has 7 heteroatoms. The maximum absolute atomic E-state index is 13.7. The third-order valence-corrected chi connectivity index (χ3v) is 5.84. The molecule has 138 valence electrons. The molecule has 1 aromatic carbocycles. The van der Waals surface area contributed by atoms with E-state index >= 15 is 0 Å². The predicted octanol–water partition coefficient (Wildman–Crippen LogP) is 1.96. The number of Topliss-reactive ketones (excluding diaryl/α,β-unsaturated/α-hetero) is 1. The summed E-state index contributed by atoms with van der Waals surface area (Å²) in [5, 5.41) is 9.97. The van der Waals surface area contributed by atoms with E-state index in [1.165, 1.54) is 4.90 Å². The van der Waals surface area contributed by atoms with Crippen molar-refractivity contribution in [3.8, 4) is 11.3 Å². The highest BCUT2D eigenvalue weighted by atomic mass is 16.4. The van der Waals surface area contributed by atoms with Gasteiger partial charge in [-0.2, -0.15) is 4.98 Å². The van der Waals surface area contributed by atoms with E-state index in [2.05, 4.69) is 4.98 Å². The average Bonchev–Trinajstić information content (AvgIpc) is 3.17. The smallest absolute Gasteiger partial charge is 0.292 e. The van der Waals surface area contributed by atoms with E-state index < -0.39 is 12.1 Å². The minimum atomic E-state index is -1.39. The van der Waals surface area contributed by atoms with Crippen LogP contribution in [0.3, 0.4) is 0 Å². The van der Waals surface area contributed by atoms with Crippen LogP contribution in [0, 0.1) is 5.41 Å². The fourth-order valence-electron chi connectivity index (χ4n) is 4.90. The number of rotatable bonds is 1. The lowest BCUT2D eigenvalue weighted by Gasteiger charge is -2.33. The van der Waals surface area contributed by atoms with Crippen molar-refractivity contribution < 1.29 is 19.1 Å². The first-order chi connectivity index (χ1) is 12.8. The van der Waals surface area contributed by atoms with Gasteiger partial charge in [0.05, 0.1) is 0 Å². The second-order valence-corrected chi connectivity index (χ2v) is 8.16. The second-order valence-electron chi connectivity index (χ2n) is 8.16. The molecule has 0 saturated carbocycles. The fraction of sp³-hybridized carbons (Fsp3) is 0.350. The predicted molar refractivity (Wildman–Crippen MR) is 96.1 cm³/mol. The molecule has 2 aliphatic carbocycles. The molecule has 1 spiro atoms. The number of nitrogen functional groups attached to an aromatic ring is 1. The van der Waals surface area contributed by atoms with E-state index in [0.29, 0.717) is 46.7 Å². The quantitative estimate of drug-likeness (QED) is 0.799. The summed E-state index contributed by atoms with van der Waals surface area (Å²) in [4.78, 5) is 32.6. The van der Waals surface area contributed by atoms with Crippen molar-refractivity contribution in [2.75, 3.05) is 12.5 Å². The van der Waals surface area contributed by atoms with Gasteiger partial charge >= 0.3 is 0 Å². The molecule has 5 rings (SSSR count). The summed E-state index contributed by atoms with van der Waals surface area (Å²) in [6, 6.07) is 7.26. The third-order valence-electron chi connectivity index (χ3n) is 5.84. The van der Waals surface area contributed by atoms with Crippen LogP contribution in [-0.2, 0) is 15.0 Å². The van der Waals surface area contributed by atoms with Gasteiger partial charge in [0.25, 0.3) is 6.01 Å². The molecule has 0 radical (unpaired) electrons. The van der Waals surface area contributed by atoms with Crippen LogP contribution in [-0.4, -0.2) is 33.4 Å². The van der Waals surface area contributed by atoms with Crippen molar-refractivity contribution in [3.05, 3.63) is 46.8 Å². The number of allylic oxidation sites excluding steroid dienone is 1. The lowest BCUT2D eigenvalue weighted by atomic mass is 9.67. The van der Waals surface area contributed by atoms with Crippen LogP contribution < -0.4 is 5.73 Å². The third kappa shape index (κ3) is 1.77. The van der Waals surface area contributed by atoms with Gasteiger partial charge in [-0.1, -0.05) is 38.1 Å². The molecule has 0 fully saturated rings. The van der Waals surface area contributed by atoms with E-state index in [1.54, 1.807) is 0 Å². The number of carbonyl (C=O) groups is 2. The van der Waals surface area contributed by atoms with Crippen molar-refractivity contribution in [2.24, 2.45) is 5.41 Å². The molecule has 1 aromatic heterocycles. The molecule has 2 aromatic rings. The number of amides is 1. The van der Waals surface area contributed by atoms with Crippen LogP contribution in [0.4, 0.5) is 6.01 Å². The average molecular weight is 365 g/mol. The Morgan fingerprint density at radius 3 is 2.74 bits per heavy atom. The van der Waals surface area contributed by atoms with Crippen LogP contribution in [0.1, 0.15) is 37.9 Å². The number of nitrogens with two attached hydrogens (primary N) is 1. The summed E-state index contributed by atoms with van der Waals surface area (Å²) in [6.45, 7) is 3.48. The number of aliphatic hydroxyl groups excluding tert-OH is 1. The highest BCUT2D eigenvalue weighted by Crippen LogP contribution is 2.60. The molecule has 27 heavy (non-hydrogen) atoms. The minimum Gasteiger partial charge on any atom is -0.423 e. The number of ketones is 1. The molecule has 3 N–H and O–H groups in total. The largest absolute Gasteiger partial charge is 0.423 e. The van der Waals surface area contributed by atoms with E-state index in [-0.39, 0.29) is 23.1 Å². The van der Waals surface area contributed by atoms with Crippen LogP contribution >= 0.6 is 0 Å². The Bertz CT molecular complexity index is 1060. The van der Waals surface area contributed by atoms with Gasteiger partial charge in [0.15, 0.2) is 17.0 Å². The number of hydrogen-bond donors (Lipinski definition) is 2. The summed E-state index contributed by atoms with van der Waals surface area (Å²) in [6.07, 6.45) is 0.845. The number of aromatic nitrogens is 1. The maximum atomic E-state index is 13.7. The molecular weight excluding hydrogens is 346 g/mol. The zero-order chi connectivity index (χ0) is 19.1. The van der Waals surface area contributed by atoms with E-state index in [9.17, 15) is 14.7 Å². The van der Waals surface area contributed by atoms with E-state index in [4.69, 9.17) is 10.2 Å². The Balaban J connectivity index is 1.90. The summed E-state index contributed by atoms with van der Waals surface area (Å²) in [5.74, 6) is -0.0592. The van der Waals surface area contributed by atoms with Gasteiger partial charge in [0, 0.05) is 23.3 Å². The van der Waals surface area contributed by atoms with Crippen LogP contribution in [0.25, 0.3) is 11.3 Å². The van der Waals surface area contributed by atoms with Gasteiger partial charge in [-0.15, -0.1) is 0 Å². The summed E-state index contributed by atoms with van der Waals surface area (Å²) in [7, 11) is 0. The summed E-state index contributed by atoms with van der Waals surface area (Å²) >= 11 is 0. The highest BCUT2D eigenvalue weighted by Gasteiger charge is 2.64. The minimum absolute atomic E-state index is 0.0464. The summed E-state index contributed by atoms with van der Waals surface area (Å²) in [5.41, 5.74) is 6.81. The molecule has 1 amide bonds. The molecule has 0 bridgehead atoms. The lowest BCUT2D eigenvalue weighted by molar-refractivity contribution is -0.134. The number of nitrogens with zero attached hydrogens (tertiary/aromatic N) is 2. The lowest BCUT2D eigenvalue weighted by Crippen LogP contribution is -2.42. The number of anilines is 1. The number of hydrogen-bond acceptors (Lipinski definition) is 6. The Hall–Kier alpha value is -2.93. The van der Waals surface area contributed by atoms with Gasteiger partial charge in [-0.25, -0.2) is 0 Å². The fourth-order valence-corrected chi connectivity index (χ4v) is 4.90. The zero-order valence-electron chi connectivity index (χ0n) is 15.1. The van der Waals surface area contributed by atoms with Crippen molar-refractivity contribution in [2.45, 2.75) is 32.1 Å². The van der Waals surface area contributed by atoms with Gasteiger partial charge < -0.3 is 15.3 Å². The first-order valence-corrected chi connectivity index (χ1v) is 8.87.